The number of carbonyl (C=O) groups is 2. The summed E-state index contributed by atoms with van der Waals surface area (Å²) in [6.45, 7) is 2.51. The number of piperazine rings is 1. The fourth-order valence-electron chi connectivity index (χ4n) is 6.01. The molecule has 7 nitrogen and oxygen atoms in total. The molecule has 1 saturated heterocycles. The first-order valence-corrected chi connectivity index (χ1v) is 16.1. The molecule has 4 aromatic rings. The minimum atomic E-state index is -4.62. The Morgan fingerprint density at radius 2 is 1.54 bits per heavy atom. The van der Waals surface area contributed by atoms with E-state index in [1.54, 1.807) is 60.4 Å². The summed E-state index contributed by atoms with van der Waals surface area (Å²) >= 11 is 12.5. The van der Waals surface area contributed by atoms with E-state index >= 15 is 0 Å². The number of hydrogen-bond acceptors (Lipinski definition) is 4. The third-order valence-corrected chi connectivity index (χ3v) is 8.86. The van der Waals surface area contributed by atoms with Crippen LogP contribution in [0.25, 0.3) is 0 Å². The molecule has 2 heterocycles. The zero-order valence-electron chi connectivity index (χ0n) is 25.8. The van der Waals surface area contributed by atoms with Gasteiger partial charge in [0.25, 0.3) is 0 Å². The molecule has 0 spiro atoms. The van der Waals surface area contributed by atoms with E-state index < -0.39 is 29.9 Å². The number of benzene rings is 4. The highest BCUT2D eigenvalue weighted by Crippen LogP contribution is 2.46. The van der Waals surface area contributed by atoms with Gasteiger partial charge in [-0.3, -0.25) is 14.7 Å². The molecule has 2 unspecified atom stereocenters. The van der Waals surface area contributed by atoms with Crippen molar-refractivity contribution in [1.82, 2.24) is 14.7 Å². The van der Waals surface area contributed by atoms with Gasteiger partial charge in [0.1, 0.15) is 24.2 Å². The van der Waals surface area contributed by atoms with Crippen LogP contribution in [-0.2, 0) is 17.5 Å². The molecular weight excluding hydrogens is 664 g/mol. The zero-order chi connectivity index (χ0) is 34.0. The smallest absolute Gasteiger partial charge is 0.416 e. The summed E-state index contributed by atoms with van der Waals surface area (Å²) in [5, 5.41) is 0.991. The summed E-state index contributed by atoms with van der Waals surface area (Å²) in [5.74, 6) is -0.173. The predicted molar refractivity (Wildman–Crippen MR) is 178 cm³/mol. The van der Waals surface area contributed by atoms with Crippen LogP contribution in [0, 0.1) is 0 Å². The number of urea groups is 1. The Labute approximate surface area is 286 Å². The van der Waals surface area contributed by atoms with Gasteiger partial charge in [0.15, 0.2) is 0 Å². The van der Waals surface area contributed by atoms with Crippen LogP contribution in [-0.4, -0.2) is 58.7 Å². The summed E-state index contributed by atoms with van der Waals surface area (Å²) in [6, 6.07) is 24.8. The number of rotatable bonds is 7. The topological polar surface area (TPSA) is 65.5 Å². The van der Waals surface area contributed by atoms with Crippen LogP contribution >= 0.6 is 23.2 Å². The number of halogens is 5. The van der Waals surface area contributed by atoms with Crippen LogP contribution < -0.4 is 4.74 Å². The fourth-order valence-corrected chi connectivity index (χ4v) is 6.26. The largest absolute Gasteiger partial charge is 0.493 e. The summed E-state index contributed by atoms with van der Waals surface area (Å²) in [5.41, 5.74) is 1.70. The number of carbonyl (C=O) groups excluding carboxylic acids is 2. The van der Waals surface area contributed by atoms with Crippen molar-refractivity contribution in [3.05, 3.63) is 135 Å². The molecule has 2 atom stereocenters. The number of amides is 3. The first-order chi connectivity index (χ1) is 23.0. The molecule has 0 bridgehead atoms. The summed E-state index contributed by atoms with van der Waals surface area (Å²) in [6.07, 6.45) is -4.62. The van der Waals surface area contributed by atoms with E-state index in [9.17, 15) is 22.8 Å². The lowest BCUT2D eigenvalue weighted by atomic mass is 9.93. The van der Waals surface area contributed by atoms with Crippen molar-refractivity contribution >= 4 is 41.0 Å². The molecule has 48 heavy (non-hydrogen) atoms. The van der Waals surface area contributed by atoms with Gasteiger partial charge < -0.3 is 14.5 Å². The quantitative estimate of drug-likeness (QED) is 0.195. The molecule has 1 fully saturated rings. The fraction of sp³-hybridized carbons (Fsp3) is 0.250. The Morgan fingerprint density at radius 3 is 2.15 bits per heavy atom. The maximum Gasteiger partial charge on any atom is 0.416 e. The van der Waals surface area contributed by atoms with E-state index in [2.05, 4.69) is 0 Å². The van der Waals surface area contributed by atoms with Crippen molar-refractivity contribution in [3.8, 4) is 5.75 Å². The van der Waals surface area contributed by atoms with Crippen LogP contribution in [0.2, 0.25) is 10.0 Å². The standard InChI is InChI=1S/C36H31Cl2F3N4O3/c1-2-48-30-20-26(36(39,40)41)12-17-29(30)34-42-32(24-8-13-27(37)14-9-24)33(25-10-15-28(38)16-11-25)45(34)35(47)44-19-18-43(31(46)22-44)21-23-6-4-3-5-7-23/h3-17,20,32-33H,2,18-19,21-22H2,1H3. The molecule has 3 amide bonds. The molecule has 248 valence electrons. The van der Waals surface area contributed by atoms with Crippen molar-refractivity contribution in [2.45, 2.75) is 31.7 Å². The maximum absolute atomic E-state index is 14.7. The molecule has 2 aliphatic heterocycles. The number of nitrogens with zero attached hydrogens (tertiary/aromatic N) is 4. The van der Waals surface area contributed by atoms with Crippen molar-refractivity contribution in [2.24, 2.45) is 4.99 Å². The van der Waals surface area contributed by atoms with Crippen LogP contribution in [0.3, 0.4) is 0 Å². The second kappa shape index (κ2) is 13.9. The maximum atomic E-state index is 14.7. The Morgan fingerprint density at radius 1 is 0.896 bits per heavy atom. The van der Waals surface area contributed by atoms with Crippen LogP contribution in [0.4, 0.5) is 18.0 Å². The Hall–Kier alpha value is -4.54. The molecule has 0 aliphatic carbocycles. The van der Waals surface area contributed by atoms with E-state index in [1.165, 1.54) is 15.9 Å². The van der Waals surface area contributed by atoms with Gasteiger partial charge in [-0.25, -0.2) is 4.79 Å². The average molecular weight is 696 g/mol. The SMILES string of the molecule is CCOc1cc(C(F)(F)F)ccc1C1=NC(c2ccc(Cl)cc2)C(c2ccc(Cl)cc2)N1C(=O)N1CCN(Cc2ccccc2)C(=O)C1. The minimum Gasteiger partial charge on any atom is -0.493 e. The Bertz CT molecular complexity index is 1820. The second-order valence-electron chi connectivity index (χ2n) is 11.5. The molecule has 4 aromatic carbocycles. The van der Waals surface area contributed by atoms with E-state index in [0.717, 1.165) is 23.3 Å². The molecule has 0 N–H and O–H groups in total. The average Bonchev–Trinajstić information content (AvgIpc) is 3.46. The second-order valence-corrected chi connectivity index (χ2v) is 12.3. The molecule has 2 aliphatic rings. The number of hydrogen-bond donors (Lipinski definition) is 0. The molecule has 12 heteroatoms. The lowest BCUT2D eigenvalue weighted by molar-refractivity contribution is -0.137. The van der Waals surface area contributed by atoms with E-state index in [4.69, 9.17) is 32.9 Å². The van der Waals surface area contributed by atoms with E-state index in [-0.39, 0.29) is 42.8 Å². The summed E-state index contributed by atoms with van der Waals surface area (Å²) < 4.78 is 47.1. The summed E-state index contributed by atoms with van der Waals surface area (Å²) in [4.78, 5) is 37.7. The number of alkyl halides is 3. The number of aliphatic imine (C=N–C) groups is 1. The zero-order valence-corrected chi connectivity index (χ0v) is 27.3. The predicted octanol–water partition coefficient (Wildman–Crippen LogP) is 8.42. The van der Waals surface area contributed by atoms with Crippen molar-refractivity contribution in [1.29, 1.82) is 0 Å². The lowest BCUT2D eigenvalue weighted by Gasteiger charge is -2.38. The first-order valence-electron chi connectivity index (χ1n) is 15.4. The Kier molecular flexibility index (Phi) is 9.66. The molecule has 0 aromatic heterocycles. The first kappa shape index (κ1) is 33.4. The monoisotopic (exact) mass is 694 g/mol. The van der Waals surface area contributed by atoms with E-state index in [0.29, 0.717) is 28.7 Å². The van der Waals surface area contributed by atoms with Crippen molar-refractivity contribution in [3.63, 3.8) is 0 Å². The van der Waals surface area contributed by atoms with Gasteiger partial charge in [-0.1, -0.05) is 77.8 Å². The third-order valence-electron chi connectivity index (χ3n) is 8.35. The summed E-state index contributed by atoms with van der Waals surface area (Å²) in [7, 11) is 0. The number of ether oxygens (including phenoxy) is 1. The minimum absolute atomic E-state index is 0.0701. The van der Waals surface area contributed by atoms with Crippen molar-refractivity contribution < 1.29 is 27.5 Å². The van der Waals surface area contributed by atoms with Crippen molar-refractivity contribution in [2.75, 3.05) is 26.2 Å². The third kappa shape index (κ3) is 7.00. The molecular formula is C36H31Cl2F3N4O3. The van der Waals surface area contributed by atoms with Crippen LogP contribution in [0.1, 0.15) is 46.8 Å². The van der Waals surface area contributed by atoms with Gasteiger partial charge in [0.2, 0.25) is 5.91 Å². The normalized spacial score (nSPS) is 18.2. The highest BCUT2D eigenvalue weighted by molar-refractivity contribution is 6.30. The van der Waals surface area contributed by atoms with Crippen LogP contribution in [0.15, 0.2) is 102 Å². The van der Waals surface area contributed by atoms with Gasteiger partial charge >= 0.3 is 12.2 Å². The number of amidine groups is 1. The van der Waals surface area contributed by atoms with Crippen LogP contribution in [0.5, 0.6) is 5.75 Å². The van der Waals surface area contributed by atoms with Gasteiger partial charge in [-0.05, 0) is 66.1 Å². The van der Waals surface area contributed by atoms with E-state index in [1.807, 2.05) is 30.3 Å². The Balaban J connectivity index is 1.44. The highest BCUT2D eigenvalue weighted by Gasteiger charge is 2.46. The van der Waals surface area contributed by atoms with Gasteiger partial charge in [-0.2, -0.15) is 13.2 Å². The van der Waals surface area contributed by atoms with Gasteiger partial charge in [0, 0.05) is 29.7 Å². The molecule has 0 radical (unpaired) electrons. The molecule has 6 rings (SSSR count). The highest BCUT2D eigenvalue weighted by atomic mass is 35.5. The lowest BCUT2D eigenvalue weighted by Crippen LogP contribution is -2.56. The van der Waals surface area contributed by atoms with Gasteiger partial charge in [0.05, 0.1) is 23.8 Å². The molecule has 0 saturated carbocycles. The van der Waals surface area contributed by atoms with Gasteiger partial charge in [-0.15, -0.1) is 0 Å².